The van der Waals surface area contributed by atoms with E-state index in [2.05, 4.69) is 5.32 Å². The zero-order chi connectivity index (χ0) is 8.72. The number of imide groups is 1. The topological polar surface area (TPSA) is 72.2 Å². The Balaban J connectivity index is 2.32. The average molecular weight is 166 g/mol. The lowest BCUT2D eigenvalue weighted by Gasteiger charge is -2.22. The summed E-state index contributed by atoms with van der Waals surface area (Å²) < 4.78 is 0. The summed E-state index contributed by atoms with van der Waals surface area (Å²) >= 11 is 0. The van der Waals surface area contributed by atoms with Crippen molar-refractivity contribution in [2.45, 2.75) is 12.5 Å². The van der Waals surface area contributed by atoms with Gasteiger partial charge >= 0.3 is 0 Å². The molecule has 2 rings (SSSR count). The molecule has 0 aromatic heterocycles. The lowest BCUT2D eigenvalue weighted by atomic mass is 9.82. The number of nitrogens with one attached hydrogen (secondary N) is 1. The summed E-state index contributed by atoms with van der Waals surface area (Å²) in [5, 5.41) is 2.29. The molecule has 0 spiro atoms. The van der Waals surface area contributed by atoms with E-state index in [-0.39, 0.29) is 29.7 Å². The third-order valence-corrected chi connectivity index (χ3v) is 2.48. The maximum atomic E-state index is 11.2. The van der Waals surface area contributed by atoms with Gasteiger partial charge < -0.3 is 5.73 Å². The highest BCUT2D eigenvalue weighted by molar-refractivity contribution is 6.05. The van der Waals surface area contributed by atoms with E-state index in [0.29, 0.717) is 6.42 Å². The minimum Gasteiger partial charge on any atom is -0.324 e. The Hall–Kier alpha value is -1.16. The van der Waals surface area contributed by atoms with Gasteiger partial charge in [0.05, 0.1) is 11.8 Å². The Kier molecular flexibility index (Phi) is 1.51. The Labute approximate surface area is 69.8 Å². The highest BCUT2D eigenvalue weighted by Crippen LogP contribution is 2.29. The molecule has 0 unspecified atom stereocenters. The molecule has 0 radical (unpaired) electrons. The summed E-state index contributed by atoms with van der Waals surface area (Å²) in [6.07, 6.45) is 4.29. The highest BCUT2D eigenvalue weighted by atomic mass is 16.2. The first-order chi connectivity index (χ1) is 5.70. The van der Waals surface area contributed by atoms with E-state index >= 15 is 0 Å². The first-order valence-electron chi connectivity index (χ1n) is 3.97. The van der Waals surface area contributed by atoms with Crippen LogP contribution in [0.25, 0.3) is 0 Å². The lowest BCUT2D eigenvalue weighted by Crippen LogP contribution is -2.38. The van der Waals surface area contributed by atoms with Crippen LogP contribution in [0.4, 0.5) is 0 Å². The van der Waals surface area contributed by atoms with Gasteiger partial charge in [0.1, 0.15) is 0 Å². The number of hydrogen-bond donors (Lipinski definition) is 2. The van der Waals surface area contributed by atoms with Crippen molar-refractivity contribution >= 4 is 11.8 Å². The molecule has 3 atom stereocenters. The van der Waals surface area contributed by atoms with E-state index in [1.165, 1.54) is 0 Å². The van der Waals surface area contributed by atoms with E-state index in [0.717, 1.165) is 0 Å². The third-order valence-electron chi connectivity index (χ3n) is 2.48. The average Bonchev–Trinajstić information content (AvgIpc) is 2.29. The van der Waals surface area contributed by atoms with Gasteiger partial charge in [-0.1, -0.05) is 12.2 Å². The maximum Gasteiger partial charge on any atom is 0.232 e. The van der Waals surface area contributed by atoms with Crippen LogP contribution in [0.1, 0.15) is 6.42 Å². The molecule has 0 bridgehead atoms. The van der Waals surface area contributed by atoms with Crippen LogP contribution in [0.3, 0.4) is 0 Å². The van der Waals surface area contributed by atoms with E-state index in [9.17, 15) is 9.59 Å². The molecule has 4 nitrogen and oxygen atoms in total. The molecule has 1 aliphatic heterocycles. The molecule has 0 aromatic rings. The summed E-state index contributed by atoms with van der Waals surface area (Å²) in [6, 6.07) is -0.296. The van der Waals surface area contributed by atoms with Crippen molar-refractivity contribution in [2.75, 3.05) is 0 Å². The van der Waals surface area contributed by atoms with Crippen LogP contribution in [-0.2, 0) is 9.59 Å². The summed E-state index contributed by atoms with van der Waals surface area (Å²) in [6.45, 7) is 0. The van der Waals surface area contributed by atoms with Crippen molar-refractivity contribution in [2.24, 2.45) is 17.6 Å². The van der Waals surface area contributed by atoms with Crippen LogP contribution in [-0.4, -0.2) is 17.9 Å². The molecule has 64 valence electrons. The molecule has 3 N–H and O–H groups in total. The zero-order valence-electron chi connectivity index (χ0n) is 6.49. The fourth-order valence-electron chi connectivity index (χ4n) is 1.84. The van der Waals surface area contributed by atoms with Crippen molar-refractivity contribution in [1.29, 1.82) is 0 Å². The minimum absolute atomic E-state index is 0.176. The van der Waals surface area contributed by atoms with Crippen LogP contribution in [0.5, 0.6) is 0 Å². The first-order valence-corrected chi connectivity index (χ1v) is 3.97. The monoisotopic (exact) mass is 166 g/mol. The molecule has 1 fully saturated rings. The molecule has 1 aliphatic carbocycles. The number of carbonyl (C=O) groups excluding carboxylic acids is 2. The van der Waals surface area contributed by atoms with Gasteiger partial charge in [0, 0.05) is 6.04 Å². The second kappa shape index (κ2) is 2.42. The molecule has 0 aromatic carbocycles. The molecule has 1 saturated heterocycles. The predicted octanol–water partition coefficient (Wildman–Crippen LogP) is -0.838. The van der Waals surface area contributed by atoms with Gasteiger partial charge in [-0.2, -0.15) is 0 Å². The largest absolute Gasteiger partial charge is 0.324 e. The lowest BCUT2D eigenvalue weighted by molar-refractivity contribution is -0.126. The molecule has 2 aliphatic rings. The fraction of sp³-hybridized carbons (Fsp3) is 0.500. The van der Waals surface area contributed by atoms with Gasteiger partial charge in [-0.3, -0.25) is 14.9 Å². The number of amides is 2. The highest BCUT2D eigenvalue weighted by Gasteiger charge is 2.44. The minimum atomic E-state index is -0.331. The molecule has 1 heterocycles. The van der Waals surface area contributed by atoms with Crippen LogP contribution in [0, 0.1) is 11.8 Å². The number of allylic oxidation sites excluding steroid dienone is 1. The predicted molar refractivity (Wildman–Crippen MR) is 41.9 cm³/mol. The number of fused-ring (bicyclic) bond motifs is 1. The second-order valence-corrected chi connectivity index (χ2v) is 3.23. The molecule has 12 heavy (non-hydrogen) atoms. The smallest absolute Gasteiger partial charge is 0.232 e. The molecule has 0 saturated carbocycles. The Morgan fingerprint density at radius 2 is 2.17 bits per heavy atom. The number of carbonyl (C=O) groups is 2. The summed E-state index contributed by atoms with van der Waals surface area (Å²) in [4.78, 5) is 22.3. The zero-order valence-corrected chi connectivity index (χ0v) is 6.49. The molecular weight excluding hydrogens is 156 g/mol. The van der Waals surface area contributed by atoms with E-state index < -0.39 is 0 Å². The second-order valence-electron chi connectivity index (χ2n) is 3.23. The van der Waals surface area contributed by atoms with Gasteiger partial charge in [-0.15, -0.1) is 0 Å². The summed E-state index contributed by atoms with van der Waals surface area (Å²) in [7, 11) is 0. The first kappa shape index (κ1) is 7.49. The van der Waals surface area contributed by atoms with Gasteiger partial charge in [0.15, 0.2) is 0 Å². The number of hydrogen-bond acceptors (Lipinski definition) is 3. The van der Waals surface area contributed by atoms with Crippen LogP contribution in [0.2, 0.25) is 0 Å². The van der Waals surface area contributed by atoms with Crippen molar-refractivity contribution in [3.05, 3.63) is 12.2 Å². The normalized spacial score (nSPS) is 39.6. The Bertz CT molecular complexity index is 272. The van der Waals surface area contributed by atoms with Gasteiger partial charge in [-0.05, 0) is 6.42 Å². The summed E-state index contributed by atoms with van der Waals surface area (Å²) in [5.41, 5.74) is 5.67. The summed E-state index contributed by atoms with van der Waals surface area (Å²) in [5.74, 6) is -0.952. The van der Waals surface area contributed by atoms with Crippen molar-refractivity contribution in [3.8, 4) is 0 Å². The van der Waals surface area contributed by atoms with Crippen LogP contribution >= 0.6 is 0 Å². The SMILES string of the molecule is N[C@@H]1C=CC[C@@H]2C(=O)NC(=O)[C@H]12. The maximum absolute atomic E-state index is 11.2. The van der Waals surface area contributed by atoms with Crippen molar-refractivity contribution in [3.63, 3.8) is 0 Å². The van der Waals surface area contributed by atoms with E-state index in [4.69, 9.17) is 5.73 Å². The Morgan fingerprint density at radius 1 is 1.42 bits per heavy atom. The Morgan fingerprint density at radius 3 is 2.83 bits per heavy atom. The molecule has 2 amide bonds. The van der Waals surface area contributed by atoms with Gasteiger partial charge in [-0.25, -0.2) is 0 Å². The van der Waals surface area contributed by atoms with Crippen LogP contribution < -0.4 is 11.1 Å². The van der Waals surface area contributed by atoms with Crippen LogP contribution in [0.15, 0.2) is 12.2 Å². The molecular formula is C8H10N2O2. The quantitative estimate of drug-likeness (QED) is 0.364. The fourth-order valence-corrected chi connectivity index (χ4v) is 1.84. The number of rotatable bonds is 0. The van der Waals surface area contributed by atoms with Gasteiger partial charge in [0.25, 0.3) is 0 Å². The molecule has 4 heteroatoms. The van der Waals surface area contributed by atoms with Crippen molar-refractivity contribution in [1.82, 2.24) is 5.32 Å². The van der Waals surface area contributed by atoms with Crippen molar-refractivity contribution < 1.29 is 9.59 Å². The van der Waals surface area contributed by atoms with E-state index in [1.807, 2.05) is 6.08 Å². The standard InChI is InChI=1S/C8H10N2O2/c9-5-3-1-2-4-6(5)8(12)10-7(4)11/h1,3-6H,2,9H2,(H,10,11,12)/t4-,5+,6-/m0/s1. The third kappa shape index (κ3) is 0.881. The number of nitrogens with two attached hydrogens (primary N) is 1. The van der Waals surface area contributed by atoms with Gasteiger partial charge in [0.2, 0.25) is 11.8 Å². The van der Waals surface area contributed by atoms with E-state index in [1.54, 1.807) is 6.08 Å².